The second-order valence-corrected chi connectivity index (χ2v) is 9.57. The third-order valence-electron chi connectivity index (χ3n) is 4.99. The number of carbonyl (C=O) groups excluding carboxylic acids is 3. The van der Waals surface area contributed by atoms with E-state index in [0.29, 0.717) is 10.9 Å². The van der Waals surface area contributed by atoms with Gasteiger partial charge in [-0.05, 0) is 29.5 Å². The minimum absolute atomic E-state index is 0.127. The minimum atomic E-state index is -0.392. The molecule has 0 aromatic heterocycles. The van der Waals surface area contributed by atoms with Crippen molar-refractivity contribution < 1.29 is 14.4 Å². The Labute approximate surface area is 166 Å². The number of hydrogen-bond donors (Lipinski definition) is 1. The van der Waals surface area contributed by atoms with Crippen LogP contribution in [0.15, 0.2) is 24.3 Å². The number of nitrogens with two attached hydrogens (primary N) is 1. The normalized spacial score (nSPS) is 18.8. The molecular formula is C21H30N2O3S. The van der Waals surface area contributed by atoms with Gasteiger partial charge in [0.25, 0.3) is 0 Å². The fraction of sp³-hybridized carbons (Fsp3) is 0.571. The van der Waals surface area contributed by atoms with Crippen LogP contribution in [0.5, 0.6) is 0 Å². The maximum absolute atomic E-state index is 12.8. The molecule has 2 atom stereocenters. The Bertz CT molecular complexity index is 700. The summed E-state index contributed by atoms with van der Waals surface area (Å²) in [4.78, 5) is 37.8. The molecular weight excluding hydrogens is 360 g/mol. The van der Waals surface area contributed by atoms with Crippen molar-refractivity contribution >= 4 is 35.2 Å². The van der Waals surface area contributed by atoms with Gasteiger partial charge in [-0.2, -0.15) is 0 Å². The Hall–Kier alpha value is -1.82. The van der Waals surface area contributed by atoms with Crippen LogP contribution < -0.4 is 10.6 Å². The molecule has 1 aromatic carbocycles. The topological polar surface area (TPSA) is 80.5 Å². The zero-order valence-electron chi connectivity index (χ0n) is 16.7. The summed E-state index contributed by atoms with van der Waals surface area (Å²) >= 11 is 1.61. The quantitative estimate of drug-likeness (QED) is 0.651. The number of carbonyl (C=O) groups is 3. The number of amides is 3. The van der Waals surface area contributed by atoms with Gasteiger partial charge in [0.1, 0.15) is 0 Å². The largest absolute Gasteiger partial charge is 0.370 e. The van der Waals surface area contributed by atoms with E-state index in [1.54, 1.807) is 23.9 Å². The lowest BCUT2D eigenvalue weighted by Crippen LogP contribution is -2.31. The van der Waals surface area contributed by atoms with Crippen molar-refractivity contribution in [3.05, 3.63) is 29.8 Å². The van der Waals surface area contributed by atoms with Gasteiger partial charge in [0.2, 0.25) is 17.7 Å². The van der Waals surface area contributed by atoms with E-state index < -0.39 is 5.41 Å². The highest BCUT2D eigenvalue weighted by atomic mass is 32.2. The molecule has 1 aliphatic heterocycles. The molecule has 0 bridgehead atoms. The van der Waals surface area contributed by atoms with E-state index in [2.05, 4.69) is 13.8 Å². The number of imide groups is 1. The van der Waals surface area contributed by atoms with Crippen LogP contribution in [0.2, 0.25) is 0 Å². The Morgan fingerprint density at radius 1 is 1.30 bits per heavy atom. The van der Waals surface area contributed by atoms with E-state index in [0.717, 1.165) is 24.8 Å². The van der Waals surface area contributed by atoms with Crippen molar-refractivity contribution in [1.29, 1.82) is 0 Å². The third kappa shape index (κ3) is 5.34. The van der Waals surface area contributed by atoms with Gasteiger partial charge in [0.05, 0.1) is 10.9 Å². The van der Waals surface area contributed by atoms with Gasteiger partial charge in [-0.1, -0.05) is 52.7 Å². The molecule has 6 heteroatoms. The molecule has 148 valence electrons. The average molecular weight is 391 g/mol. The van der Waals surface area contributed by atoms with E-state index >= 15 is 0 Å². The number of unbranched alkanes of at least 4 members (excludes halogenated alkanes) is 1. The van der Waals surface area contributed by atoms with Crippen LogP contribution in [0.4, 0.5) is 5.69 Å². The van der Waals surface area contributed by atoms with Crippen LogP contribution in [-0.4, -0.2) is 28.2 Å². The molecule has 0 saturated carbocycles. The number of rotatable bonds is 9. The fourth-order valence-electron chi connectivity index (χ4n) is 3.42. The van der Waals surface area contributed by atoms with Crippen molar-refractivity contribution in [1.82, 2.24) is 0 Å². The smallest absolute Gasteiger partial charge is 0.247 e. The summed E-state index contributed by atoms with van der Waals surface area (Å²) in [5.74, 6) is -0.632. The third-order valence-corrected chi connectivity index (χ3v) is 6.39. The zero-order valence-corrected chi connectivity index (χ0v) is 17.5. The number of anilines is 1. The number of benzene rings is 1. The molecule has 1 aliphatic rings. The van der Waals surface area contributed by atoms with Gasteiger partial charge in [0.15, 0.2) is 0 Å². The molecule has 1 saturated heterocycles. The summed E-state index contributed by atoms with van der Waals surface area (Å²) in [6.07, 6.45) is 3.82. The van der Waals surface area contributed by atoms with E-state index in [9.17, 15) is 14.4 Å². The maximum atomic E-state index is 12.8. The summed E-state index contributed by atoms with van der Waals surface area (Å²) in [5, 5.41) is 0.0685. The second-order valence-electron chi connectivity index (χ2n) is 7.92. The Kier molecular flexibility index (Phi) is 7.09. The SMILES string of the molecule is CCCCC(C)SC1CC(=O)N(c2ccc(C(C)(C)CC(N)=O)cc2)C1=O. The fourth-order valence-corrected chi connectivity index (χ4v) is 4.75. The van der Waals surface area contributed by atoms with Gasteiger partial charge in [-0.3, -0.25) is 14.4 Å². The van der Waals surface area contributed by atoms with Crippen molar-refractivity contribution in [2.75, 3.05) is 4.90 Å². The van der Waals surface area contributed by atoms with E-state index in [1.165, 1.54) is 4.90 Å². The molecule has 1 aromatic rings. The number of nitrogens with zero attached hydrogens (tertiary/aromatic N) is 1. The number of thioether (sulfide) groups is 1. The van der Waals surface area contributed by atoms with Crippen LogP contribution >= 0.6 is 11.8 Å². The number of hydrogen-bond acceptors (Lipinski definition) is 4. The van der Waals surface area contributed by atoms with Crippen molar-refractivity contribution in [3.8, 4) is 0 Å². The van der Waals surface area contributed by atoms with Crippen LogP contribution in [-0.2, 0) is 19.8 Å². The van der Waals surface area contributed by atoms with Crippen molar-refractivity contribution in [2.24, 2.45) is 5.73 Å². The Morgan fingerprint density at radius 3 is 2.48 bits per heavy atom. The van der Waals surface area contributed by atoms with Crippen LogP contribution in [0.3, 0.4) is 0 Å². The van der Waals surface area contributed by atoms with E-state index in [1.807, 2.05) is 26.0 Å². The molecule has 0 aliphatic carbocycles. The lowest BCUT2D eigenvalue weighted by atomic mass is 9.81. The van der Waals surface area contributed by atoms with Crippen LogP contribution in [0.1, 0.15) is 65.4 Å². The molecule has 1 fully saturated rings. The van der Waals surface area contributed by atoms with Crippen LogP contribution in [0.25, 0.3) is 0 Å². The first kappa shape index (κ1) is 21.5. The Morgan fingerprint density at radius 2 is 1.93 bits per heavy atom. The molecule has 2 rings (SSSR count). The molecule has 2 N–H and O–H groups in total. The highest BCUT2D eigenvalue weighted by Crippen LogP contribution is 2.34. The van der Waals surface area contributed by atoms with Crippen molar-refractivity contribution in [3.63, 3.8) is 0 Å². The molecule has 27 heavy (non-hydrogen) atoms. The van der Waals surface area contributed by atoms with Crippen LogP contribution in [0, 0.1) is 0 Å². The van der Waals surface area contributed by atoms with Gasteiger partial charge < -0.3 is 5.73 Å². The maximum Gasteiger partial charge on any atom is 0.247 e. The highest BCUT2D eigenvalue weighted by Gasteiger charge is 2.40. The molecule has 2 unspecified atom stereocenters. The lowest BCUT2D eigenvalue weighted by molar-refractivity contribution is -0.121. The molecule has 0 radical (unpaired) electrons. The Balaban J connectivity index is 2.10. The standard InChI is InChI=1S/C21H30N2O3S/c1-5-6-7-14(2)27-17-12-19(25)23(20(17)26)16-10-8-15(9-11-16)21(3,4)13-18(22)24/h8-11,14,17H,5-7,12-13H2,1-4H3,(H2,22,24). The summed E-state index contributed by atoms with van der Waals surface area (Å²) in [6.45, 7) is 8.17. The first-order valence-corrected chi connectivity index (χ1v) is 10.5. The monoisotopic (exact) mass is 390 g/mol. The highest BCUT2D eigenvalue weighted by molar-refractivity contribution is 8.01. The lowest BCUT2D eigenvalue weighted by Gasteiger charge is -2.24. The molecule has 5 nitrogen and oxygen atoms in total. The molecule has 0 spiro atoms. The molecule has 1 heterocycles. The van der Waals surface area contributed by atoms with Gasteiger partial charge >= 0.3 is 0 Å². The summed E-state index contributed by atoms with van der Waals surface area (Å²) in [5.41, 5.74) is 6.47. The number of primary amides is 1. The summed E-state index contributed by atoms with van der Waals surface area (Å²) < 4.78 is 0. The van der Waals surface area contributed by atoms with E-state index in [4.69, 9.17) is 5.73 Å². The zero-order chi connectivity index (χ0) is 20.2. The first-order valence-electron chi connectivity index (χ1n) is 9.56. The predicted octanol–water partition coefficient (Wildman–Crippen LogP) is 3.78. The molecule has 3 amide bonds. The van der Waals surface area contributed by atoms with Gasteiger partial charge in [-0.25, -0.2) is 4.90 Å². The first-order chi connectivity index (χ1) is 12.7. The van der Waals surface area contributed by atoms with Gasteiger partial charge in [0, 0.05) is 18.1 Å². The minimum Gasteiger partial charge on any atom is -0.370 e. The average Bonchev–Trinajstić information content (AvgIpc) is 2.85. The summed E-state index contributed by atoms with van der Waals surface area (Å²) in [7, 11) is 0. The summed E-state index contributed by atoms with van der Waals surface area (Å²) in [6, 6.07) is 7.29. The van der Waals surface area contributed by atoms with Gasteiger partial charge in [-0.15, -0.1) is 11.8 Å². The van der Waals surface area contributed by atoms with Crippen molar-refractivity contribution in [2.45, 2.75) is 75.7 Å². The predicted molar refractivity (Wildman–Crippen MR) is 111 cm³/mol. The van der Waals surface area contributed by atoms with E-state index in [-0.39, 0.29) is 35.8 Å². The second kappa shape index (κ2) is 8.91.